The highest BCUT2D eigenvalue weighted by atomic mass is 16.5. The lowest BCUT2D eigenvalue weighted by molar-refractivity contribution is 0.185. The molecule has 1 atom stereocenters. The summed E-state index contributed by atoms with van der Waals surface area (Å²) in [6, 6.07) is 7.86. The molecule has 0 fully saturated rings. The number of ether oxygens (including phenoxy) is 1. The highest BCUT2D eigenvalue weighted by Crippen LogP contribution is 2.15. The maximum atomic E-state index is 8.77. The van der Waals surface area contributed by atoms with Crippen LogP contribution in [0.2, 0.25) is 0 Å². The molecule has 0 aliphatic rings. The Bertz CT molecular complexity index is 276. The molecule has 0 saturated heterocycles. The molecule has 3 heteroatoms. The van der Waals surface area contributed by atoms with Crippen molar-refractivity contribution in [1.29, 1.82) is 0 Å². The van der Waals surface area contributed by atoms with Crippen molar-refractivity contribution < 1.29 is 9.84 Å². The van der Waals surface area contributed by atoms with Gasteiger partial charge in [-0.25, -0.2) is 0 Å². The summed E-state index contributed by atoms with van der Waals surface area (Å²) in [6.07, 6.45) is 0.594. The molecule has 1 aromatic rings. The molecule has 0 saturated carbocycles. The van der Waals surface area contributed by atoms with Crippen molar-refractivity contribution in [3.8, 4) is 0 Å². The summed E-state index contributed by atoms with van der Waals surface area (Å²) in [6.45, 7) is 0.718. The molecule has 14 heavy (non-hydrogen) atoms. The summed E-state index contributed by atoms with van der Waals surface area (Å²) in [5, 5.41) is 8.77. The molecule has 1 rings (SSSR count). The molecular weight excluding hydrogens is 178 g/mol. The lowest BCUT2D eigenvalue weighted by Crippen LogP contribution is -2.12. The van der Waals surface area contributed by atoms with Crippen LogP contribution in [0.5, 0.6) is 0 Å². The topological polar surface area (TPSA) is 55.5 Å². The van der Waals surface area contributed by atoms with Crippen molar-refractivity contribution in [3.63, 3.8) is 0 Å². The van der Waals surface area contributed by atoms with Gasteiger partial charge < -0.3 is 15.6 Å². The molecule has 3 nitrogen and oxygen atoms in total. The lowest BCUT2D eigenvalue weighted by atomic mass is 10.0. The van der Waals surface area contributed by atoms with E-state index in [4.69, 9.17) is 15.6 Å². The van der Waals surface area contributed by atoms with Gasteiger partial charge in [0.05, 0.1) is 6.61 Å². The third-order valence-corrected chi connectivity index (χ3v) is 2.13. The second-order valence-corrected chi connectivity index (χ2v) is 3.30. The van der Waals surface area contributed by atoms with E-state index < -0.39 is 0 Å². The average Bonchev–Trinajstić information content (AvgIpc) is 2.19. The first kappa shape index (κ1) is 11.2. The van der Waals surface area contributed by atoms with Crippen LogP contribution in [0.1, 0.15) is 23.6 Å². The van der Waals surface area contributed by atoms with E-state index in [-0.39, 0.29) is 12.6 Å². The molecule has 0 radical (unpaired) electrons. The summed E-state index contributed by atoms with van der Waals surface area (Å²) in [4.78, 5) is 0. The van der Waals surface area contributed by atoms with Crippen LogP contribution in [0.25, 0.3) is 0 Å². The van der Waals surface area contributed by atoms with Gasteiger partial charge in [0.15, 0.2) is 0 Å². The molecule has 0 heterocycles. The van der Waals surface area contributed by atoms with Gasteiger partial charge >= 0.3 is 0 Å². The monoisotopic (exact) mass is 195 g/mol. The van der Waals surface area contributed by atoms with Gasteiger partial charge in [0.1, 0.15) is 0 Å². The first-order valence-electron chi connectivity index (χ1n) is 4.72. The van der Waals surface area contributed by atoms with E-state index in [2.05, 4.69) is 0 Å². The summed E-state index contributed by atoms with van der Waals surface area (Å²) in [5.74, 6) is 0. The highest BCUT2D eigenvalue weighted by Gasteiger charge is 2.05. The SMILES string of the molecule is COCc1cccc(C(N)CCO)c1. The van der Waals surface area contributed by atoms with Crippen molar-refractivity contribution in [3.05, 3.63) is 35.4 Å². The Hall–Kier alpha value is -0.900. The number of benzene rings is 1. The summed E-state index contributed by atoms with van der Waals surface area (Å²) < 4.78 is 5.03. The van der Waals surface area contributed by atoms with E-state index in [1.165, 1.54) is 0 Å². The standard InChI is InChI=1S/C11H17NO2/c1-14-8-9-3-2-4-10(7-9)11(12)5-6-13/h2-4,7,11,13H,5-6,8,12H2,1H3. The van der Waals surface area contributed by atoms with Crippen LogP contribution in [0, 0.1) is 0 Å². The van der Waals surface area contributed by atoms with E-state index in [1.54, 1.807) is 7.11 Å². The van der Waals surface area contributed by atoms with Crippen molar-refractivity contribution >= 4 is 0 Å². The second kappa shape index (κ2) is 5.75. The first-order chi connectivity index (χ1) is 6.77. The zero-order valence-corrected chi connectivity index (χ0v) is 8.44. The fourth-order valence-electron chi connectivity index (χ4n) is 1.39. The van der Waals surface area contributed by atoms with Crippen LogP contribution in [-0.4, -0.2) is 18.8 Å². The molecule has 0 aliphatic heterocycles. The van der Waals surface area contributed by atoms with E-state index in [0.29, 0.717) is 13.0 Å². The average molecular weight is 195 g/mol. The number of hydrogen-bond acceptors (Lipinski definition) is 3. The Balaban J connectivity index is 2.71. The summed E-state index contributed by atoms with van der Waals surface area (Å²) >= 11 is 0. The number of aliphatic hydroxyl groups is 1. The fourth-order valence-corrected chi connectivity index (χ4v) is 1.39. The molecule has 3 N–H and O–H groups in total. The van der Waals surface area contributed by atoms with Gasteiger partial charge in [0.2, 0.25) is 0 Å². The molecule has 0 amide bonds. The Morgan fingerprint density at radius 3 is 2.93 bits per heavy atom. The summed E-state index contributed by atoms with van der Waals surface area (Å²) in [5.41, 5.74) is 8.03. The van der Waals surface area contributed by atoms with E-state index in [0.717, 1.165) is 11.1 Å². The number of hydrogen-bond donors (Lipinski definition) is 2. The third kappa shape index (κ3) is 3.10. The highest BCUT2D eigenvalue weighted by molar-refractivity contribution is 5.25. The number of methoxy groups -OCH3 is 1. The Labute approximate surface area is 84.5 Å². The molecular formula is C11H17NO2. The summed E-state index contributed by atoms with van der Waals surface area (Å²) in [7, 11) is 1.67. The maximum Gasteiger partial charge on any atom is 0.0713 e. The second-order valence-electron chi connectivity index (χ2n) is 3.30. The minimum Gasteiger partial charge on any atom is -0.396 e. The molecule has 0 spiro atoms. The Morgan fingerprint density at radius 1 is 1.50 bits per heavy atom. The molecule has 0 aliphatic carbocycles. The van der Waals surface area contributed by atoms with E-state index in [1.807, 2.05) is 24.3 Å². The predicted octanol–water partition coefficient (Wildman–Crippen LogP) is 1.22. The quantitative estimate of drug-likeness (QED) is 0.742. The van der Waals surface area contributed by atoms with Crippen molar-refractivity contribution in [2.24, 2.45) is 5.73 Å². The molecule has 1 aromatic carbocycles. The maximum absolute atomic E-state index is 8.77. The van der Waals surface area contributed by atoms with Gasteiger partial charge in [-0.15, -0.1) is 0 Å². The third-order valence-electron chi connectivity index (χ3n) is 2.13. The van der Waals surface area contributed by atoms with Gasteiger partial charge in [-0.1, -0.05) is 24.3 Å². The van der Waals surface area contributed by atoms with E-state index in [9.17, 15) is 0 Å². The molecule has 78 valence electrons. The zero-order chi connectivity index (χ0) is 10.4. The number of aliphatic hydroxyl groups excluding tert-OH is 1. The van der Waals surface area contributed by atoms with Crippen LogP contribution < -0.4 is 5.73 Å². The predicted molar refractivity (Wildman–Crippen MR) is 55.8 cm³/mol. The van der Waals surface area contributed by atoms with Gasteiger partial charge in [0, 0.05) is 19.8 Å². The zero-order valence-electron chi connectivity index (χ0n) is 8.44. The minimum atomic E-state index is -0.0863. The van der Waals surface area contributed by atoms with Crippen molar-refractivity contribution in [2.45, 2.75) is 19.1 Å². The fraction of sp³-hybridized carbons (Fsp3) is 0.455. The van der Waals surface area contributed by atoms with Crippen LogP contribution in [-0.2, 0) is 11.3 Å². The van der Waals surface area contributed by atoms with Gasteiger partial charge in [-0.05, 0) is 17.5 Å². The van der Waals surface area contributed by atoms with Crippen molar-refractivity contribution in [1.82, 2.24) is 0 Å². The lowest BCUT2D eigenvalue weighted by Gasteiger charge is -2.11. The number of nitrogens with two attached hydrogens (primary N) is 1. The van der Waals surface area contributed by atoms with Crippen molar-refractivity contribution in [2.75, 3.05) is 13.7 Å². The Morgan fingerprint density at radius 2 is 2.29 bits per heavy atom. The normalized spacial score (nSPS) is 12.8. The van der Waals surface area contributed by atoms with Crippen LogP contribution >= 0.6 is 0 Å². The Kier molecular flexibility index (Phi) is 4.59. The van der Waals surface area contributed by atoms with Gasteiger partial charge in [-0.3, -0.25) is 0 Å². The largest absolute Gasteiger partial charge is 0.396 e. The van der Waals surface area contributed by atoms with Crippen LogP contribution in [0.4, 0.5) is 0 Å². The minimum absolute atomic E-state index is 0.0863. The van der Waals surface area contributed by atoms with Gasteiger partial charge in [0.25, 0.3) is 0 Å². The molecule has 1 unspecified atom stereocenters. The molecule has 0 bridgehead atoms. The molecule has 0 aromatic heterocycles. The number of rotatable bonds is 5. The van der Waals surface area contributed by atoms with E-state index >= 15 is 0 Å². The smallest absolute Gasteiger partial charge is 0.0713 e. The van der Waals surface area contributed by atoms with Crippen LogP contribution in [0.15, 0.2) is 24.3 Å². The van der Waals surface area contributed by atoms with Gasteiger partial charge in [-0.2, -0.15) is 0 Å². The van der Waals surface area contributed by atoms with Crippen LogP contribution in [0.3, 0.4) is 0 Å². The first-order valence-corrected chi connectivity index (χ1v) is 4.72.